The highest BCUT2D eigenvalue weighted by atomic mass is 16.6. The van der Waals surface area contributed by atoms with Crippen molar-refractivity contribution in [1.29, 1.82) is 0 Å². The van der Waals surface area contributed by atoms with E-state index in [1.54, 1.807) is 0 Å². The standard InChI is InChI=1S/C17H18N4O2/c22-15-16(5-6-16)23-17(20-15)7-9-21(10-8-17)14-11-18-12-3-1-2-4-13(12)19-14/h1-4,11H,5-10H2,(H,20,22). The molecular formula is C17H18N4O2. The van der Waals surface area contributed by atoms with Crippen LogP contribution in [0.15, 0.2) is 30.5 Å². The van der Waals surface area contributed by atoms with Crippen LogP contribution in [-0.2, 0) is 9.53 Å². The van der Waals surface area contributed by atoms with Crippen LogP contribution in [0.5, 0.6) is 0 Å². The van der Waals surface area contributed by atoms with Crippen LogP contribution in [-0.4, -0.2) is 40.3 Å². The Kier molecular flexibility index (Phi) is 2.54. The van der Waals surface area contributed by atoms with Crippen molar-refractivity contribution < 1.29 is 9.53 Å². The van der Waals surface area contributed by atoms with Gasteiger partial charge in [0.1, 0.15) is 17.1 Å². The van der Waals surface area contributed by atoms with Gasteiger partial charge in [0.2, 0.25) is 0 Å². The second-order valence-corrected chi connectivity index (χ2v) is 6.75. The highest BCUT2D eigenvalue weighted by Crippen LogP contribution is 2.49. The molecule has 0 atom stereocenters. The van der Waals surface area contributed by atoms with Gasteiger partial charge < -0.3 is 15.0 Å². The van der Waals surface area contributed by atoms with E-state index in [2.05, 4.69) is 15.2 Å². The van der Waals surface area contributed by atoms with Gasteiger partial charge in [-0.1, -0.05) is 12.1 Å². The molecular weight excluding hydrogens is 292 g/mol. The van der Waals surface area contributed by atoms with Gasteiger partial charge in [-0.05, 0) is 25.0 Å². The quantitative estimate of drug-likeness (QED) is 0.866. The Labute approximate surface area is 133 Å². The molecule has 2 aromatic rings. The summed E-state index contributed by atoms with van der Waals surface area (Å²) in [6.45, 7) is 1.62. The van der Waals surface area contributed by atoms with Crippen LogP contribution in [0.1, 0.15) is 25.7 Å². The monoisotopic (exact) mass is 310 g/mol. The van der Waals surface area contributed by atoms with Crippen LogP contribution in [0.4, 0.5) is 5.82 Å². The molecule has 1 saturated carbocycles. The van der Waals surface area contributed by atoms with Crippen molar-refractivity contribution in [2.75, 3.05) is 18.0 Å². The smallest absolute Gasteiger partial charge is 0.254 e. The first kappa shape index (κ1) is 13.2. The lowest BCUT2D eigenvalue weighted by atomic mass is 10.0. The Morgan fingerprint density at radius 2 is 1.83 bits per heavy atom. The third kappa shape index (κ3) is 2.01. The highest BCUT2D eigenvalue weighted by Gasteiger charge is 2.62. The van der Waals surface area contributed by atoms with Gasteiger partial charge in [-0.15, -0.1) is 0 Å². The second kappa shape index (κ2) is 4.41. The number of nitrogens with zero attached hydrogens (tertiary/aromatic N) is 3. The Hall–Kier alpha value is -2.21. The number of aromatic nitrogens is 2. The maximum atomic E-state index is 12.1. The summed E-state index contributed by atoms with van der Waals surface area (Å²) in [6.07, 6.45) is 5.13. The molecule has 118 valence electrons. The van der Waals surface area contributed by atoms with Gasteiger partial charge in [-0.2, -0.15) is 0 Å². The molecule has 1 amide bonds. The van der Waals surface area contributed by atoms with Crippen LogP contribution in [0.2, 0.25) is 0 Å². The lowest BCUT2D eigenvalue weighted by Crippen LogP contribution is -2.52. The van der Waals surface area contributed by atoms with E-state index in [-0.39, 0.29) is 5.91 Å². The number of fused-ring (bicyclic) bond motifs is 1. The molecule has 1 N–H and O–H groups in total. The predicted octanol–water partition coefficient (Wildman–Crippen LogP) is 1.61. The Morgan fingerprint density at radius 1 is 1.09 bits per heavy atom. The van der Waals surface area contributed by atoms with E-state index in [1.165, 1.54) is 0 Å². The summed E-state index contributed by atoms with van der Waals surface area (Å²) in [7, 11) is 0. The lowest BCUT2D eigenvalue weighted by molar-refractivity contribution is -0.126. The molecule has 23 heavy (non-hydrogen) atoms. The Morgan fingerprint density at radius 3 is 2.52 bits per heavy atom. The van der Waals surface area contributed by atoms with Crippen LogP contribution in [0, 0.1) is 0 Å². The van der Waals surface area contributed by atoms with Crippen molar-refractivity contribution in [2.45, 2.75) is 37.0 Å². The zero-order valence-corrected chi connectivity index (χ0v) is 12.8. The molecule has 2 aliphatic heterocycles. The zero-order valence-electron chi connectivity index (χ0n) is 12.8. The van der Waals surface area contributed by atoms with Crippen LogP contribution >= 0.6 is 0 Å². The molecule has 6 nitrogen and oxygen atoms in total. The maximum Gasteiger partial charge on any atom is 0.254 e. The number of nitrogens with one attached hydrogen (secondary N) is 1. The summed E-state index contributed by atoms with van der Waals surface area (Å²) in [4.78, 5) is 23.5. The largest absolute Gasteiger partial charge is 0.355 e. The summed E-state index contributed by atoms with van der Waals surface area (Å²) in [6, 6.07) is 7.89. The molecule has 2 spiro atoms. The van der Waals surface area contributed by atoms with Gasteiger partial charge in [-0.3, -0.25) is 9.78 Å². The first-order chi connectivity index (χ1) is 11.2. The fourth-order valence-electron chi connectivity index (χ4n) is 3.63. The van der Waals surface area contributed by atoms with Gasteiger partial charge in [0.05, 0.1) is 17.2 Å². The van der Waals surface area contributed by atoms with E-state index in [0.717, 1.165) is 55.6 Å². The van der Waals surface area contributed by atoms with Crippen molar-refractivity contribution in [3.05, 3.63) is 30.5 Å². The minimum Gasteiger partial charge on any atom is -0.355 e. The maximum absolute atomic E-state index is 12.1. The van der Waals surface area contributed by atoms with Crippen molar-refractivity contribution in [1.82, 2.24) is 15.3 Å². The summed E-state index contributed by atoms with van der Waals surface area (Å²) in [5.41, 5.74) is 0.860. The molecule has 0 unspecified atom stereocenters. The first-order valence-electron chi connectivity index (χ1n) is 8.18. The van der Waals surface area contributed by atoms with Crippen molar-refractivity contribution >= 4 is 22.8 Å². The van der Waals surface area contributed by atoms with Crippen molar-refractivity contribution in [3.63, 3.8) is 0 Å². The molecule has 5 rings (SSSR count). The van der Waals surface area contributed by atoms with Gasteiger partial charge in [0.15, 0.2) is 0 Å². The van der Waals surface area contributed by atoms with Gasteiger partial charge in [0, 0.05) is 25.9 Å². The molecule has 1 aliphatic carbocycles. The second-order valence-electron chi connectivity index (χ2n) is 6.75. The summed E-state index contributed by atoms with van der Waals surface area (Å²) in [5.74, 6) is 0.973. The van der Waals surface area contributed by atoms with Crippen molar-refractivity contribution in [2.24, 2.45) is 0 Å². The molecule has 0 bridgehead atoms. The number of piperidine rings is 1. The molecule has 6 heteroatoms. The van der Waals surface area contributed by atoms with E-state index in [4.69, 9.17) is 9.72 Å². The SMILES string of the molecule is O=C1NC2(CCN(c3cnc4ccccc4n3)CC2)OC12CC2. The molecule has 3 fully saturated rings. The average molecular weight is 310 g/mol. The number of benzene rings is 1. The number of rotatable bonds is 1. The van der Waals surface area contributed by atoms with E-state index in [9.17, 15) is 4.79 Å². The van der Waals surface area contributed by atoms with E-state index in [1.807, 2.05) is 30.5 Å². The predicted molar refractivity (Wildman–Crippen MR) is 84.9 cm³/mol. The van der Waals surface area contributed by atoms with Crippen LogP contribution in [0.25, 0.3) is 11.0 Å². The third-order valence-electron chi connectivity index (χ3n) is 5.18. The zero-order chi connectivity index (χ0) is 15.5. The average Bonchev–Trinajstić information content (AvgIpc) is 3.30. The Bertz CT molecular complexity index is 794. The minimum atomic E-state index is -0.495. The molecule has 1 aromatic heterocycles. The molecule has 2 saturated heterocycles. The van der Waals surface area contributed by atoms with Crippen LogP contribution < -0.4 is 10.2 Å². The number of hydrogen-bond donors (Lipinski definition) is 1. The number of para-hydroxylation sites is 2. The summed E-state index contributed by atoms with van der Waals surface area (Å²) < 4.78 is 6.13. The number of ether oxygens (including phenoxy) is 1. The number of amides is 1. The van der Waals surface area contributed by atoms with E-state index in [0.29, 0.717) is 0 Å². The fourth-order valence-corrected chi connectivity index (χ4v) is 3.63. The van der Waals surface area contributed by atoms with E-state index >= 15 is 0 Å². The summed E-state index contributed by atoms with van der Waals surface area (Å²) >= 11 is 0. The lowest BCUT2D eigenvalue weighted by Gasteiger charge is -2.38. The van der Waals surface area contributed by atoms with Crippen LogP contribution in [0.3, 0.4) is 0 Å². The number of carbonyl (C=O) groups is 1. The molecule has 3 heterocycles. The molecule has 1 aromatic carbocycles. The minimum absolute atomic E-state index is 0.0800. The third-order valence-corrected chi connectivity index (χ3v) is 5.18. The number of hydrogen-bond acceptors (Lipinski definition) is 5. The molecule has 3 aliphatic rings. The Balaban J connectivity index is 1.35. The highest BCUT2D eigenvalue weighted by molar-refractivity contribution is 5.90. The molecule has 0 radical (unpaired) electrons. The van der Waals surface area contributed by atoms with Gasteiger partial charge in [-0.25, -0.2) is 4.98 Å². The number of anilines is 1. The van der Waals surface area contributed by atoms with Gasteiger partial charge >= 0.3 is 0 Å². The normalized spacial score (nSPS) is 24.3. The van der Waals surface area contributed by atoms with Gasteiger partial charge in [0.25, 0.3) is 5.91 Å². The fraction of sp³-hybridized carbons (Fsp3) is 0.471. The van der Waals surface area contributed by atoms with E-state index < -0.39 is 11.3 Å². The number of carbonyl (C=O) groups excluding carboxylic acids is 1. The first-order valence-corrected chi connectivity index (χ1v) is 8.18. The van der Waals surface area contributed by atoms with Crippen molar-refractivity contribution in [3.8, 4) is 0 Å². The topological polar surface area (TPSA) is 67.4 Å². The summed E-state index contributed by atoms with van der Waals surface area (Å²) in [5, 5.41) is 3.10.